The van der Waals surface area contributed by atoms with Crippen LogP contribution in [0, 0.1) is 26.7 Å². The van der Waals surface area contributed by atoms with Gasteiger partial charge < -0.3 is 15.4 Å². The van der Waals surface area contributed by atoms with Crippen LogP contribution >= 0.6 is 22.7 Å². The number of carbonyl (C=O) groups excluding carboxylic acids is 3. The Morgan fingerprint density at radius 2 is 1.79 bits per heavy atom. The van der Waals surface area contributed by atoms with Gasteiger partial charge in [-0.15, -0.1) is 11.3 Å². The Morgan fingerprint density at radius 3 is 2.50 bits per heavy atom. The fraction of sp³-hybridized carbons (Fsp3) is 0.308. The second-order valence-corrected chi connectivity index (χ2v) is 11.2. The van der Waals surface area contributed by atoms with E-state index >= 15 is 0 Å². The number of hydrogen-bond donors (Lipinski definition) is 2. The van der Waals surface area contributed by atoms with E-state index in [0.29, 0.717) is 36.9 Å². The quantitative estimate of drug-likeness (QED) is 0.306. The lowest BCUT2D eigenvalue weighted by Gasteiger charge is -2.07. The molecule has 0 saturated heterocycles. The van der Waals surface area contributed by atoms with Gasteiger partial charge in [0.05, 0.1) is 28.9 Å². The Balaban J connectivity index is 1.50. The van der Waals surface area contributed by atoms with Gasteiger partial charge in [0.1, 0.15) is 16.3 Å². The molecule has 4 aromatic rings. The third kappa shape index (κ3) is 5.81. The maximum Gasteiger partial charge on any atom is 0.350 e. The summed E-state index contributed by atoms with van der Waals surface area (Å²) in [5.74, 6) is -1.13. The van der Waals surface area contributed by atoms with Gasteiger partial charge in [-0.25, -0.2) is 14.8 Å². The summed E-state index contributed by atoms with van der Waals surface area (Å²) >= 11 is 2.14. The lowest BCUT2D eigenvalue weighted by molar-refractivity contribution is -0.116. The lowest BCUT2D eigenvalue weighted by atomic mass is 10.2. The number of aromatic nitrogens is 3. The fourth-order valence-electron chi connectivity index (χ4n) is 3.64. The maximum absolute atomic E-state index is 13.2. The molecule has 0 atom stereocenters. The molecule has 10 nitrogen and oxygen atoms in total. The molecule has 1 aromatic carbocycles. The number of fused-ring (bicyclic) bond motifs is 1. The Hall–Kier alpha value is -3.90. The second-order valence-electron chi connectivity index (χ2n) is 9.16. The number of anilines is 2. The molecule has 0 radical (unpaired) electrons. The van der Waals surface area contributed by atoms with Crippen molar-refractivity contribution >= 4 is 61.5 Å². The standard InChI is InChI=1S/C26H27N5O5S2/c1-13(2)11-36-25(35)21-16(5)28-26(38-21)30-18(32)10-31-12-27-23-19(24(31)34)15(4)20(37-23)22(33)29-17-9-7-6-8-14(17)3/h6-9,12-13H,10-11H2,1-5H3,(H,29,33)(H,28,30,32). The molecule has 0 spiro atoms. The number of ether oxygens (including phenoxy) is 1. The highest BCUT2D eigenvalue weighted by molar-refractivity contribution is 7.20. The van der Waals surface area contributed by atoms with Crippen LogP contribution in [0.15, 0.2) is 35.4 Å². The van der Waals surface area contributed by atoms with Gasteiger partial charge in [0.25, 0.3) is 11.5 Å². The van der Waals surface area contributed by atoms with Crippen LogP contribution in [-0.4, -0.2) is 38.9 Å². The average Bonchev–Trinajstić information content (AvgIpc) is 3.40. The van der Waals surface area contributed by atoms with Gasteiger partial charge in [0.15, 0.2) is 5.13 Å². The van der Waals surface area contributed by atoms with E-state index in [1.807, 2.05) is 39.0 Å². The summed E-state index contributed by atoms with van der Waals surface area (Å²) in [5, 5.41) is 6.03. The molecule has 3 aromatic heterocycles. The Bertz CT molecular complexity index is 1600. The molecule has 3 heterocycles. The third-order valence-corrected chi connectivity index (χ3v) is 7.86. The lowest BCUT2D eigenvalue weighted by Crippen LogP contribution is -2.27. The van der Waals surface area contributed by atoms with E-state index in [0.717, 1.165) is 28.2 Å². The maximum atomic E-state index is 13.2. The number of amides is 2. The summed E-state index contributed by atoms with van der Waals surface area (Å²) in [5.41, 5.74) is 2.13. The van der Waals surface area contributed by atoms with Crippen LogP contribution in [-0.2, 0) is 16.1 Å². The van der Waals surface area contributed by atoms with E-state index in [9.17, 15) is 19.2 Å². The Morgan fingerprint density at radius 1 is 1.05 bits per heavy atom. The predicted molar refractivity (Wildman–Crippen MR) is 148 cm³/mol. The van der Waals surface area contributed by atoms with Gasteiger partial charge >= 0.3 is 5.97 Å². The smallest absolute Gasteiger partial charge is 0.350 e. The highest BCUT2D eigenvalue weighted by Crippen LogP contribution is 2.28. The molecule has 0 unspecified atom stereocenters. The molecule has 0 saturated carbocycles. The Labute approximate surface area is 226 Å². The minimum atomic E-state index is -0.505. The average molecular weight is 554 g/mol. The van der Waals surface area contributed by atoms with Gasteiger partial charge in [0.2, 0.25) is 5.91 Å². The number of carbonyl (C=O) groups is 3. The molecule has 2 N–H and O–H groups in total. The number of benzene rings is 1. The zero-order valence-electron chi connectivity index (χ0n) is 21.6. The molecule has 0 aliphatic rings. The first-order chi connectivity index (χ1) is 18.0. The molecular formula is C26H27N5O5S2. The number of hydrogen-bond acceptors (Lipinski definition) is 9. The van der Waals surface area contributed by atoms with E-state index < -0.39 is 17.4 Å². The van der Waals surface area contributed by atoms with Gasteiger partial charge in [-0.3, -0.25) is 19.0 Å². The second kappa shape index (κ2) is 11.2. The van der Waals surface area contributed by atoms with Crippen molar-refractivity contribution in [2.24, 2.45) is 5.92 Å². The van der Waals surface area contributed by atoms with Crippen molar-refractivity contribution in [1.29, 1.82) is 0 Å². The van der Waals surface area contributed by atoms with Gasteiger partial charge in [-0.1, -0.05) is 43.4 Å². The van der Waals surface area contributed by atoms with Crippen molar-refractivity contribution in [2.45, 2.75) is 41.2 Å². The molecule has 2 amide bonds. The van der Waals surface area contributed by atoms with Crippen molar-refractivity contribution in [2.75, 3.05) is 17.2 Å². The monoisotopic (exact) mass is 553 g/mol. The summed E-state index contributed by atoms with van der Waals surface area (Å²) in [6.07, 6.45) is 1.28. The van der Waals surface area contributed by atoms with E-state index in [2.05, 4.69) is 20.6 Å². The number of aryl methyl sites for hydroxylation is 3. The molecule has 198 valence electrons. The number of para-hydroxylation sites is 1. The number of nitrogens with zero attached hydrogens (tertiary/aromatic N) is 3. The molecule has 0 fully saturated rings. The number of nitrogens with one attached hydrogen (secondary N) is 2. The Kier molecular flexibility index (Phi) is 8.02. The van der Waals surface area contributed by atoms with Crippen molar-refractivity contribution in [3.8, 4) is 0 Å². The van der Waals surface area contributed by atoms with Crippen LogP contribution in [0.1, 0.15) is 50.0 Å². The topological polar surface area (TPSA) is 132 Å². The molecule has 4 rings (SSSR count). The summed E-state index contributed by atoms with van der Waals surface area (Å²) in [7, 11) is 0. The first-order valence-corrected chi connectivity index (χ1v) is 13.5. The van der Waals surface area contributed by atoms with E-state index in [-0.39, 0.29) is 30.1 Å². The molecule has 0 bridgehead atoms. The van der Waals surface area contributed by atoms with Crippen LogP contribution in [0.5, 0.6) is 0 Å². The van der Waals surface area contributed by atoms with Gasteiger partial charge in [0, 0.05) is 5.69 Å². The normalized spacial score (nSPS) is 11.1. The van der Waals surface area contributed by atoms with Crippen LogP contribution in [0.3, 0.4) is 0 Å². The largest absolute Gasteiger partial charge is 0.461 e. The first-order valence-electron chi connectivity index (χ1n) is 11.8. The molecule has 0 aliphatic heterocycles. The summed E-state index contributed by atoms with van der Waals surface area (Å²) < 4.78 is 6.43. The van der Waals surface area contributed by atoms with Gasteiger partial charge in [-0.05, 0) is 43.9 Å². The van der Waals surface area contributed by atoms with Crippen LogP contribution < -0.4 is 16.2 Å². The minimum absolute atomic E-state index is 0.195. The van der Waals surface area contributed by atoms with Crippen molar-refractivity contribution in [1.82, 2.24) is 14.5 Å². The van der Waals surface area contributed by atoms with Crippen molar-refractivity contribution in [3.63, 3.8) is 0 Å². The SMILES string of the molecule is Cc1ccccc1NC(=O)c1sc2ncn(CC(=O)Nc3nc(C)c(C(=O)OCC(C)C)s3)c(=O)c2c1C. The third-order valence-electron chi connectivity index (χ3n) is 5.61. The summed E-state index contributed by atoms with van der Waals surface area (Å²) in [4.78, 5) is 60.8. The van der Waals surface area contributed by atoms with E-state index in [4.69, 9.17) is 4.74 Å². The molecule has 38 heavy (non-hydrogen) atoms. The molecular weight excluding hydrogens is 526 g/mol. The van der Waals surface area contributed by atoms with Crippen molar-refractivity contribution < 1.29 is 19.1 Å². The number of thiazole rings is 1. The minimum Gasteiger partial charge on any atom is -0.461 e. The van der Waals surface area contributed by atoms with Gasteiger partial charge in [-0.2, -0.15) is 0 Å². The first kappa shape index (κ1) is 27.1. The zero-order valence-corrected chi connectivity index (χ0v) is 23.2. The summed E-state index contributed by atoms with van der Waals surface area (Å²) in [6, 6.07) is 7.42. The molecule has 12 heteroatoms. The predicted octanol–water partition coefficient (Wildman–Crippen LogP) is 4.54. The van der Waals surface area contributed by atoms with E-state index in [1.165, 1.54) is 10.9 Å². The zero-order chi connectivity index (χ0) is 27.6. The molecule has 0 aliphatic carbocycles. The summed E-state index contributed by atoms with van der Waals surface area (Å²) in [6.45, 7) is 9.09. The highest BCUT2D eigenvalue weighted by atomic mass is 32.1. The van der Waals surface area contributed by atoms with Crippen LogP contribution in [0.4, 0.5) is 10.8 Å². The number of thiophene rings is 1. The van der Waals surface area contributed by atoms with Crippen LogP contribution in [0.25, 0.3) is 10.2 Å². The fourth-order valence-corrected chi connectivity index (χ4v) is 5.55. The number of esters is 1. The highest BCUT2D eigenvalue weighted by Gasteiger charge is 2.22. The number of rotatable bonds is 8. The van der Waals surface area contributed by atoms with E-state index in [1.54, 1.807) is 19.9 Å². The van der Waals surface area contributed by atoms with Crippen molar-refractivity contribution in [3.05, 3.63) is 67.5 Å². The van der Waals surface area contributed by atoms with Crippen LogP contribution in [0.2, 0.25) is 0 Å².